The lowest BCUT2D eigenvalue weighted by Gasteiger charge is -2.32. The molecule has 36 heavy (non-hydrogen) atoms. The van der Waals surface area contributed by atoms with Gasteiger partial charge in [0.1, 0.15) is 11.4 Å². The highest BCUT2D eigenvalue weighted by Crippen LogP contribution is 2.29. The third-order valence-corrected chi connectivity index (χ3v) is 5.96. The Morgan fingerprint density at radius 2 is 1.86 bits per heavy atom. The lowest BCUT2D eigenvalue weighted by Crippen LogP contribution is -2.43. The van der Waals surface area contributed by atoms with Crippen molar-refractivity contribution in [1.82, 2.24) is 19.8 Å². The number of primary amides is 1. The van der Waals surface area contributed by atoms with E-state index in [9.17, 15) is 14.9 Å². The number of ether oxygens (including phenoxy) is 1. The SMILES string of the molecule is CCc1nc(C(N)=O)c(Nc2ccc(CN3CCN(C)CC3)cc2)nc1Oc1cccc([N+](=O)[O-])c1. The van der Waals surface area contributed by atoms with Crippen molar-refractivity contribution in [2.75, 3.05) is 38.5 Å². The van der Waals surface area contributed by atoms with Crippen LogP contribution in [0.3, 0.4) is 0 Å². The molecule has 11 heteroatoms. The predicted molar refractivity (Wildman–Crippen MR) is 136 cm³/mol. The van der Waals surface area contributed by atoms with Crippen LogP contribution >= 0.6 is 0 Å². The number of aromatic nitrogens is 2. The molecule has 1 aliphatic heterocycles. The Morgan fingerprint density at radius 1 is 1.14 bits per heavy atom. The van der Waals surface area contributed by atoms with Crippen molar-refractivity contribution in [3.8, 4) is 11.6 Å². The first-order valence-electron chi connectivity index (χ1n) is 11.7. The molecular formula is C25H29N7O4. The standard InChI is InChI=1S/C25H29N7O4/c1-3-21-25(36-20-6-4-5-19(15-20)32(34)35)29-24(22(28-21)23(26)33)27-18-9-7-17(8-10-18)16-31-13-11-30(2)12-14-31/h4-10,15H,3,11-14,16H2,1-2H3,(H2,26,33)(H,27,29). The molecule has 4 rings (SSSR count). The summed E-state index contributed by atoms with van der Waals surface area (Å²) in [5.41, 5.74) is 7.75. The van der Waals surface area contributed by atoms with E-state index in [-0.39, 0.29) is 28.8 Å². The number of nitrogens with two attached hydrogens (primary N) is 1. The van der Waals surface area contributed by atoms with Crippen LogP contribution < -0.4 is 15.8 Å². The zero-order chi connectivity index (χ0) is 25.7. The highest BCUT2D eigenvalue weighted by Gasteiger charge is 2.20. The molecule has 0 aliphatic carbocycles. The van der Waals surface area contributed by atoms with Gasteiger partial charge in [0.15, 0.2) is 11.5 Å². The number of nitro groups is 1. The second-order valence-electron chi connectivity index (χ2n) is 8.65. The molecule has 1 amide bonds. The number of anilines is 2. The number of carbonyl (C=O) groups is 1. The Bertz CT molecular complexity index is 1240. The second-order valence-corrected chi connectivity index (χ2v) is 8.65. The van der Waals surface area contributed by atoms with E-state index in [4.69, 9.17) is 10.5 Å². The van der Waals surface area contributed by atoms with Crippen molar-refractivity contribution < 1.29 is 14.5 Å². The van der Waals surface area contributed by atoms with E-state index in [0.717, 1.165) is 32.7 Å². The maximum absolute atomic E-state index is 12.1. The largest absolute Gasteiger partial charge is 0.437 e. The minimum absolute atomic E-state index is 0.0141. The monoisotopic (exact) mass is 491 g/mol. The Balaban J connectivity index is 1.55. The number of nitrogens with zero attached hydrogens (tertiary/aromatic N) is 5. The van der Waals surface area contributed by atoms with E-state index in [0.29, 0.717) is 17.8 Å². The number of carbonyl (C=O) groups excluding carboxylic acids is 1. The number of aryl methyl sites for hydroxylation is 1. The number of hydrogen-bond donors (Lipinski definition) is 2. The van der Waals surface area contributed by atoms with Gasteiger partial charge < -0.3 is 20.7 Å². The number of nitro benzene ring substituents is 1. The molecule has 3 aromatic rings. The molecule has 11 nitrogen and oxygen atoms in total. The molecule has 0 spiro atoms. The lowest BCUT2D eigenvalue weighted by atomic mass is 10.1. The molecule has 1 fully saturated rings. The van der Waals surface area contributed by atoms with Gasteiger partial charge >= 0.3 is 0 Å². The first kappa shape index (κ1) is 25.0. The normalized spacial score (nSPS) is 14.4. The molecule has 1 saturated heterocycles. The third-order valence-electron chi connectivity index (χ3n) is 5.96. The van der Waals surface area contributed by atoms with E-state index in [1.807, 2.05) is 31.2 Å². The van der Waals surface area contributed by atoms with Crippen LogP contribution in [0, 0.1) is 10.1 Å². The molecule has 0 saturated carbocycles. The van der Waals surface area contributed by atoms with Gasteiger partial charge in [-0.1, -0.05) is 25.1 Å². The van der Waals surface area contributed by atoms with E-state index < -0.39 is 10.8 Å². The van der Waals surface area contributed by atoms with E-state index >= 15 is 0 Å². The highest BCUT2D eigenvalue weighted by atomic mass is 16.6. The van der Waals surface area contributed by atoms with Crippen LogP contribution in [0.15, 0.2) is 48.5 Å². The molecule has 1 aliphatic rings. The molecule has 0 unspecified atom stereocenters. The smallest absolute Gasteiger partial charge is 0.273 e. The van der Waals surface area contributed by atoms with Crippen LogP contribution in [0.1, 0.15) is 28.7 Å². The van der Waals surface area contributed by atoms with Gasteiger partial charge in [-0.2, -0.15) is 4.98 Å². The molecule has 0 atom stereocenters. The van der Waals surface area contributed by atoms with Crippen LogP contribution in [0.25, 0.3) is 0 Å². The number of amides is 1. The topological polar surface area (TPSA) is 140 Å². The van der Waals surface area contributed by atoms with Gasteiger partial charge in [0.05, 0.1) is 11.0 Å². The molecular weight excluding hydrogens is 462 g/mol. The van der Waals surface area contributed by atoms with E-state index in [1.165, 1.54) is 23.8 Å². The number of benzene rings is 2. The number of hydrogen-bond acceptors (Lipinski definition) is 9. The third kappa shape index (κ3) is 6.12. The first-order valence-corrected chi connectivity index (χ1v) is 11.7. The minimum atomic E-state index is -0.728. The highest BCUT2D eigenvalue weighted by molar-refractivity contribution is 5.96. The van der Waals surface area contributed by atoms with Crippen LogP contribution in [-0.4, -0.2) is 63.8 Å². The van der Waals surface area contributed by atoms with Crippen LogP contribution in [0.5, 0.6) is 11.6 Å². The Morgan fingerprint density at radius 3 is 2.50 bits per heavy atom. The van der Waals surface area contributed by atoms with Crippen LogP contribution in [-0.2, 0) is 13.0 Å². The van der Waals surface area contributed by atoms with Gasteiger partial charge in [-0.05, 0) is 37.2 Å². The fraction of sp³-hybridized carbons (Fsp3) is 0.320. The molecule has 0 bridgehead atoms. The van der Waals surface area contributed by atoms with E-state index in [1.54, 1.807) is 6.07 Å². The average Bonchev–Trinajstić information content (AvgIpc) is 2.87. The second kappa shape index (κ2) is 11.1. The summed E-state index contributed by atoms with van der Waals surface area (Å²) in [5, 5.41) is 14.2. The molecule has 2 aromatic carbocycles. The molecule has 2 heterocycles. The van der Waals surface area contributed by atoms with Crippen molar-refractivity contribution in [2.45, 2.75) is 19.9 Å². The van der Waals surface area contributed by atoms with Gasteiger partial charge in [-0.25, -0.2) is 4.98 Å². The summed E-state index contributed by atoms with van der Waals surface area (Å²) in [6, 6.07) is 13.7. The van der Waals surface area contributed by atoms with E-state index in [2.05, 4.69) is 32.1 Å². The van der Waals surface area contributed by atoms with Crippen molar-refractivity contribution in [3.05, 3.63) is 75.6 Å². The number of rotatable bonds is 9. The fourth-order valence-corrected chi connectivity index (χ4v) is 3.89. The van der Waals surface area contributed by atoms with Crippen LogP contribution in [0.4, 0.5) is 17.2 Å². The number of non-ortho nitro benzene ring substituents is 1. The van der Waals surface area contributed by atoms with Crippen molar-refractivity contribution in [1.29, 1.82) is 0 Å². The fourth-order valence-electron chi connectivity index (χ4n) is 3.89. The number of likely N-dealkylation sites (N-methyl/N-ethyl adjacent to an activating group) is 1. The van der Waals surface area contributed by atoms with Crippen molar-refractivity contribution in [2.24, 2.45) is 5.73 Å². The quantitative estimate of drug-likeness (QED) is 0.341. The Hall–Kier alpha value is -4.09. The molecule has 188 valence electrons. The summed E-state index contributed by atoms with van der Waals surface area (Å²) in [5.74, 6) is -0.211. The first-order chi connectivity index (χ1) is 17.3. The summed E-state index contributed by atoms with van der Waals surface area (Å²) in [6.07, 6.45) is 0.415. The summed E-state index contributed by atoms with van der Waals surface area (Å²) in [4.78, 5) is 36.3. The summed E-state index contributed by atoms with van der Waals surface area (Å²) >= 11 is 0. The minimum Gasteiger partial charge on any atom is -0.437 e. The Kier molecular flexibility index (Phi) is 7.71. The van der Waals surface area contributed by atoms with Gasteiger partial charge in [0, 0.05) is 44.5 Å². The maximum atomic E-state index is 12.1. The zero-order valence-corrected chi connectivity index (χ0v) is 20.3. The number of nitrogens with one attached hydrogen (secondary N) is 1. The number of piperazine rings is 1. The molecule has 0 radical (unpaired) electrons. The van der Waals surface area contributed by atoms with Gasteiger partial charge in [0.2, 0.25) is 5.88 Å². The molecule has 3 N–H and O–H groups in total. The van der Waals surface area contributed by atoms with Crippen molar-refractivity contribution in [3.63, 3.8) is 0 Å². The Labute approximate surface area is 209 Å². The lowest BCUT2D eigenvalue weighted by molar-refractivity contribution is -0.384. The summed E-state index contributed by atoms with van der Waals surface area (Å²) in [7, 11) is 2.13. The van der Waals surface area contributed by atoms with Gasteiger partial charge in [-0.15, -0.1) is 0 Å². The predicted octanol–water partition coefficient (Wildman–Crippen LogP) is 3.33. The summed E-state index contributed by atoms with van der Waals surface area (Å²) in [6.45, 7) is 6.88. The van der Waals surface area contributed by atoms with Crippen molar-refractivity contribution >= 4 is 23.1 Å². The zero-order valence-electron chi connectivity index (χ0n) is 20.3. The van der Waals surface area contributed by atoms with Crippen LogP contribution in [0.2, 0.25) is 0 Å². The average molecular weight is 492 g/mol. The van der Waals surface area contributed by atoms with Gasteiger partial charge in [-0.3, -0.25) is 19.8 Å². The maximum Gasteiger partial charge on any atom is 0.273 e. The van der Waals surface area contributed by atoms with Gasteiger partial charge in [0.25, 0.3) is 11.6 Å². The molecule has 1 aromatic heterocycles. The summed E-state index contributed by atoms with van der Waals surface area (Å²) < 4.78 is 5.84.